The van der Waals surface area contributed by atoms with Crippen LogP contribution in [0.15, 0.2) is 0 Å². The minimum absolute atomic E-state index is 0.105. The SMILES string of the molecule is CCCCCCCCCCCC(=O)O[C@H](COC(=O)CCCCCCCCC)COP(=O)(O)OC[C@H](O)COP(=O)(O)OC[C@@H](COC(=O)CCCCCCCCCCCCC(C)C)OC(=O)CCCCCCCCCCCCCCCCCCCCC(C)CC. The van der Waals surface area contributed by atoms with E-state index in [0.717, 1.165) is 115 Å². The van der Waals surface area contributed by atoms with E-state index in [2.05, 4.69) is 41.5 Å². The standard InChI is InChI=1S/C72H140O17P2/c1-7-10-12-14-16-29-38-44-50-56-71(76)88-67(60-82-69(74)54-48-42-34-15-13-11-8-2)62-86-90(78,79)84-58-66(73)59-85-91(80,81)87-63-68(61-83-70(75)55-49-43-37-32-28-27-30-35-40-46-52-64(4)5)89-72(77)57-51-45-39-33-26-24-22-20-18-17-19-21-23-25-31-36-41-47-53-65(6)9-3/h64-68,73H,7-63H2,1-6H3,(H,78,79)(H,80,81)/t65?,66-,67+,68+/m0/s1. The van der Waals surface area contributed by atoms with E-state index in [1.807, 2.05) is 0 Å². The summed E-state index contributed by atoms with van der Waals surface area (Å²) in [7, 11) is -9.89. The van der Waals surface area contributed by atoms with Gasteiger partial charge in [0.2, 0.25) is 0 Å². The van der Waals surface area contributed by atoms with E-state index in [1.54, 1.807) is 0 Å². The highest BCUT2D eigenvalue weighted by molar-refractivity contribution is 7.47. The second-order valence-corrected chi connectivity index (χ2v) is 29.6. The van der Waals surface area contributed by atoms with E-state index < -0.39 is 97.5 Å². The van der Waals surface area contributed by atoms with Crippen molar-refractivity contribution in [1.29, 1.82) is 0 Å². The van der Waals surface area contributed by atoms with E-state index in [4.69, 9.17) is 37.0 Å². The Hall–Kier alpha value is -1.94. The lowest BCUT2D eigenvalue weighted by Gasteiger charge is -2.21. The van der Waals surface area contributed by atoms with Crippen LogP contribution in [0.1, 0.15) is 369 Å². The van der Waals surface area contributed by atoms with Crippen LogP contribution >= 0.6 is 15.6 Å². The molecule has 91 heavy (non-hydrogen) atoms. The van der Waals surface area contributed by atoms with Crippen LogP contribution in [0.3, 0.4) is 0 Å². The third-order valence-corrected chi connectivity index (χ3v) is 19.0. The van der Waals surface area contributed by atoms with Gasteiger partial charge in [-0.3, -0.25) is 37.3 Å². The molecule has 0 heterocycles. The Bertz CT molecular complexity index is 1770. The van der Waals surface area contributed by atoms with Crippen LogP contribution in [-0.4, -0.2) is 96.7 Å². The molecule has 0 rings (SSSR count). The third kappa shape index (κ3) is 65.1. The molecule has 0 aromatic rings. The summed E-state index contributed by atoms with van der Waals surface area (Å²) >= 11 is 0. The van der Waals surface area contributed by atoms with Gasteiger partial charge in [-0.1, -0.05) is 318 Å². The number of carbonyl (C=O) groups excluding carboxylic acids is 4. The summed E-state index contributed by atoms with van der Waals surface area (Å²) < 4.78 is 68.2. The summed E-state index contributed by atoms with van der Waals surface area (Å²) in [6, 6.07) is 0. The predicted molar refractivity (Wildman–Crippen MR) is 368 cm³/mol. The largest absolute Gasteiger partial charge is 0.472 e. The molecule has 0 aromatic carbocycles. The van der Waals surface area contributed by atoms with Gasteiger partial charge in [0.15, 0.2) is 12.2 Å². The van der Waals surface area contributed by atoms with Crippen LogP contribution in [0.25, 0.3) is 0 Å². The van der Waals surface area contributed by atoms with Crippen LogP contribution in [0.2, 0.25) is 0 Å². The molecule has 0 aliphatic carbocycles. The number of hydrogen-bond donors (Lipinski definition) is 3. The second kappa shape index (κ2) is 64.1. The number of hydrogen-bond acceptors (Lipinski definition) is 15. The summed E-state index contributed by atoms with van der Waals surface area (Å²) in [5.41, 5.74) is 0. The van der Waals surface area contributed by atoms with Crippen LogP contribution in [0, 0.1) is 11.8 Å². The molecule has 3 unspecified atom stereocenters. The molecule has 6 atom stereocenters. The molecule has 0 aliphatic rings. The fraction of sp³-hybridized carbons (Fsp3) is 0.944. The van der Waals surface area contributed by atoms with Gasteiger partial charge in [0.1, 0.15) is 19.3 Å². The van der Waals surface area contributed by atoms with E-state index >= 15 is 0 Å². The zero-order chi connectivity index (χ0) is 67.2. The first-order chi connectivity index (χ1) is 43.9. The lowest BCUT2D eigenvalue weighted by atomic mass is 9.99. The zero-order valence-electron chi connectivity index (χ0n) is 59.1. The summed E-state index contributed by atoms with van der Waals surface area (Å²) in [4.78, 5) is 72.4. The number of rotatable bonds is 71. The average molecular weight is 1340 g/mol. The predicted octanol–water partition coefficient (Wildman–Crippen LogP) is 20.8. The van der Waals surface area contributed by atoms with Crippen molar-refractivity contribution in [3.05, 3.63) is 0 Å². The van der Waals surface area contributed by atoms with Gasteiger partial charge in [-0.2, -0.15) is 0 Å². The van der Waals surface area contributed by atoms with Gasteiger partial charge in [0, 0.05) is 25.7 Å². The smallest absolute Gasteiger partial charge is 0.462 e. The molecule has 19 heteroatoms. The number of aliphatic hydroxyl groups excluding tert-OH is 1. The Labute approximate surface area is 556 Å². The van der Waals surface area contributed by atoms with Gasteiger partial charge in [0.25, 0.3) is 0 Å². The summed E-state index contributed by atoms with van der Waals surface area (Å²) in [5, 5.41) is 10.6. The summed E-state index contributed by atoms with van der Waals surface area (Å²) in [6.07, 6.45) is 50.2. The molecule has 0 aromatic heterocycles. The van der Waals surface area contributed by atoms with Crippen molar-refractivity contribution in [3.63, 3.8) is 0 Å². The maximum Gasteiger partial charge on any atom is 0.472 e. The van der Waals surface area contributed by atoms with Gasteiger partial charge >= 0.3 is 39.5 Å². The molecule has 0 bridgehead atoms. The number of phosphoric ester groups is 2. The van der Waals surface area contributed by atoms with Gasteiger partial charge in [-0.25, -0.2) is 9.13 Å². The fourth-order valence-electron chi connectivity index (χ4n) is 10.9. The normalized spacial score (nSPS) is 14.4. The molecule has 0 aliphatic heterocycles. The lowest BCUT2D eigenvalue weighted by molar-refractivity contribution is -0.161. The van der Waals surface area contributed by atoms with E-state index in [-0.39, 0.29) is 25.7 Å². The maximum atomic E-state index is 13.0. The highest BCUT2D eigenvalue weighted by Gasteiger charge is 2.30. The topological polar surface area (TPSA) is 237 Å². The Morgan fingerprint density at radius 2 is 0.560 bits per heavy atom. The van der Waals surface area contributed by atoms with Crippen molar-refractivity contribution < 1.29 is 80.2 Å². The maximum absolute atomic E-state index is 13.0. The first kappa shape index (κ1) is 89.1. The highest BCUT2D eigenvalue weighted by Crippen LogP contribution is 2.45. The van der Waals surface area contributed by atoms with Crippen molar-refractivity contribution in [2.24, 2.45) is 11.8 Å². The quantitative estimate of drug-likeness (QED) is 0.0222. The molecule has 0 saturated carbocycles. The van der Waals surface area contributed by atoms with Gasteiger partial charge in [-0.05, 0) is 37.5 Å². The van der Waals surface area contributed by atoms with Crippen molar-refractivity contribution in [3.8, 4) is 0 Å². The minimum atomic E-state index is -4.95. The zero-order valence-corrected chi connectivity index (χ0v) is 60.9. The molecule has 17 nitrogen and oxygen atoms in total. The van der Waals surface area contributed by atoms with E-state index in [9.17, 15) is 43.2 Å². The molecule has 540 valence electrons. The second-order valence-electron chi connectivity index (χ2n) is 26.7. The van der Waals surface area contributed by atoms with Crippen molar-refractivity contribution in [1.82, 2.24) is 0 Å². The third-order valence-electron chi connectivity index (χ3n) is 17.1. The number of carbonyl (C=O) groups is 4. The Morgan fingerprint density at radius 3 is 0.835 bits per heavy atom. The molecule has 0 radical (unpaired) electrons. The fourth-order valence-corrected chi connectivity index (χ4v) is 12.5. The Morgan fingerprint density at radius 1 is 0.319 bits per heavy atom. The van der Waals surface area contributed by atoms with Crippen molar-refractivity contribution >= 4 is 39.5 Å². The first-order valence-electron chi connectivity index (χ1n) is 37.5. The van der Waals surface area contributed by atoms with Gasteiger partial charge in [-0.15, -0.1) is 0 Å². The molecular weight excluding hydrogens is 1200 g/mol. The lowest BCUT2D eigenvalue weighted by Crippen LogP contribution is -2.30. The molecule has 0 amide bonds. The first-order valence-corrected chi connectivity index (χ1v) is 40.5. The van der Waals surface area contributed by atoms with Crippen LogP contribution in [0.4, 0.5) is 0 Å². The summed E-state index contributed by atoms with van der Waals surface area (Å²) in [6.45, 7) is 9.56. The molecule has 0 saturated heterocycles. The monoisotopic (exact) mass is 1340 g/mol. The van der Waals surface area contributed by atoms with Crippen LogP contribution in [-0.2, 0) is 65.4 Å². The van der Waals surface area contributed by atoms with E-state index in [0.29, 0.717) is 25.7 Å². The molecule has 0 fully saturated rings. The van der Waals surface area contributed by atoms with Gasteiger partial charge in [0.05, 0.1) is 26.4 Å². The molecule has 3 N–H and O–H groups in total. The Kier molecular flexibility index (Phi) is 62.7. The number of ether oxygens (including phenoxy) is 4. The molecule has 0 spiro atoms. The average Bonchev–Trinajstić information content (AvgIpc) is 2.31. The van der Waals surface area contributed by atoms with E-state index in [1.165, 1.54) is 173 Å². The van der Waals surface area contributed by atoms with Crippen LogP contribution < -0.4 is 0 Å². The van der Waals surface area contributed by atoms with Gasteiger partial charge < -0.3 is 33.8 Å². The minimum Gasteiger partial charge on any atom is -0.462 e. The Balaban J connectivity index is 5.12. The van der Waals surface area contributed by atoms with Crippen LogP contribution in [0.5, 0.6) is 0 Å². The number of phosphoric acid groups is 2. The number of aliphatic hydroxyl groups is 1. The summed E-state index contributed by atoms with van der Waals surface area (Å²) in [5.74, 6) is -0.499. The molecular formula is C72H140O17P2. The van der Waals surface area contributed by atoms with Crippen molar-refractivity contribution in [2.45, 2.75) is 387 Å². The number of esters is 4. The highest BCUT2D eigenvalue weighted by atomic mass is 31.2. The van der Waals surface area contributed by atoms with Crippen molar-refractivity contribution in [2.75, 3.05) is 39.6 Å². The number of unbranched alkanes of at least 4 members (excludes halogenated alkanes) is 40.